The predicted molar refractivity (Wildman–Crippen MR) is 125 cm³/mol. The number of carbonyl (C=O) groups excluding carboxylic acids is 1. The number of amides is 1. The van der Waals surface area contributed by atoms with Crippen molar-refractivity contribution >= 4 is 23.4 Å². The van der Waals surface area contributed by atoms with Gasteiger partial charge in [-0.05, 0) is 29.2 Å². The first-order valence-electron chi connectivity index (χ1n) is 10.5. The van der Waals surface area contributed by atoms with Crippen LogP contribution >= 0.6 is 11.6 Å². The van der Waals surface area contributed by atoms with Crippen LogP contribution < -0.4 is 5.32 Å². The summed E-state index contributed by atoms with van der Waals surface area (Å²) >= 11 is 5.76. The molecule has 1 aliphatic carbocycles. The van der Waals surface area contributed by atoms with Gasteiger partial charge >= 0.3 is 11.8 Å². The Morgan fingerprint density at radius 1 is 1.18 bits per heavy atom. The molecule has 3 N–H and O–H groups in total. The minimum absolute atomic E-state index is 0.0398. The van der Waals surface area contributed by atoms with Crippen LogP contribution in [0.2, 0.25) is 5.15 Å². The molecule has 4 rings (SSSR count). The zero-order valence-electron chi connectivity index (χ0n) is 18.1. The Hall–Kier alpha value is -3.53. The average Bonchev–Trinajstić information content (AvgIpc) is 3.14. The molecule has 0 spiro atoms. The summed E-state index contributed by atoms with van der Waals surface area (Å²) in [7, 11) is 0. The van der Waals surface area contributed by atoms with Crippen LogP contribution in [0.25, 0.3) is 11.1 Å². The van der Waals surface area contributed by atoms with E-state index in [2.05, 4.69) is 10.3 Å². The number of benzene rings is 2. The van der Waals surface area contributed by atoms with Crippen LogP contribution in [0.15, 0.2) is 54.7 Å². The molecule has 2 aromatic carbocycles. The molecule has 0 aliphatic heterocycles. The highest BCUT2D eigenvalue weighted by molar-refractivity contribution is 6.31. The Balaban J connectivity index is 1.37. The van der Waals surface area contributed by atoms with E-state index in [0.29, 0.717) is 0 Å². The third-order valence-corrected chi connectivity index (χ3v) is 6.24. The number of aromatic nitrogens is 1. The van der Waals surface area contributed by atoms with E-state index in [9.17, 15) is 25.1 Å². The minimum atomic E-state index is -1.53. The van der Waals surface area contributed by atoms with Gasteiger partial charge in [0.15, 0.2) is 0 Å². The minimum Gasteiger partial charge on any atom is -0.449 e. The largest absolute Gasteiger partial charge is 0.449 e. The van der Waals surface area contributed by atoms with Gasteiger partial charge in [-0.2, -0.15) is 0 Å². The van der Waals surface area contributed by atoms with Crippen LogP contribution in [0.1, 0.15) is 34.3 Å². The summed E-state index contributed by atoms with van der Waals surface area (Å²) in [5, 5.41) is 34.1. The summed E-state index contributed by atoms with van der Waals surface area (Å²) in [6, 6.07) is 15.9. The average molecular weight is 484 g/mol. The highest BCUT2D eigenvalue weighted by atomic mass is 35.5. The molecule has 1 heterocycles. The van der Waals surface area contributed by atoms with Crippen molar-refractivity contribution < 1.29 is 24.7 Å². The number of aliphatic hydroxyl groups is 2. The van der Waals surface area contributed by atoms with Crippen molar-refractivity contribution in [2.24, 2.45) is 0 Å². The summed E-state index contributed by atoms with van der Waals surface area (Å²) < 4.78 is 5.40. The smallest absolute Gasteiger partial charge is 0.407 e. The van der Waals surface area contributed by atoms with Crippen LogP contribution in [-0.4, -0.2) is 45.5 Å². The van der Waals surface area contributed by atoms with E-state index >= 15 is 0 Å². The molecule has 2 atom stereocenters. The van der Waals surface area contributed by atoms with Gasteiger partial charge in [-0.15, -0.1) is 0 Å². The van der Waals surface area contributed by atoms with E-state index in [1.54, 1.807) is 0 Å². The van der Waals surface area contributed by atoms with Crippen molar-refractivity contribution in [2.75, 3.05) is 13.2 Å². The van der Waals surface area contributed by atoms with E-state index in [-0.39, 0.29) is 35.3 Å². The number of aliphatic hydroxyl groups excluding tert-OH is 2. The number of hydrogen-bond acceptors (Lipinski definition) is 7. The van der Waals surface area contributed by atoms with Crippen molar-refractivity contribution in [3.63, 3.8) is 0 Å². The highest BCUT2D eigenvalue weighted by Gasteiger charge is 2.30. The number of nitrogens with zero attached hydrogens (tertiary/aromatic N) is 2. The molecule has 1 aliphatic rings. The fraction of sp³-hybridized carbons (Fsp3) is 0.250. The molecule has 1 amide bonds. The van der Waals surface area contributed by atoms with E-state index < -0.39 is 28.9 Å². The maximum absolute atomic E-state index is 12.3. The second kappa shape index (κ2) is 9.76. The Morgan fingerprint density at radius 2 is 1.76 bits per heavy atom. The zero-order valence-corrected chi connectivity index (χ0v) is 18.9. The van der Waals surface area contributed by atoms with Gasteiger partial charge in [0.2, 0.25) is 5.15 Å². The summed E-state index contributed by atoms with van der Waals surface area (Å²) in [4.78, 5) is 26.5. The number of nitrogens with one attached hydrogen (secondary N) is 1. The van der Waals surface area contributed by atoms with Crippen molar-refractivity contribution in [2.45, 2.75) is 25.0 Å². The van der Waals surface area contributed by atoms with Gasteiger partial charge in [-0.1, -0.05) is 60.1 Å². The lowest BCUT2D eigenvalue weighted by Crippen LogP contribution is -2.36. The topological polar surface area (TPSA) is 135 Å². The Labute approximate surface area is 200 Å². The lowest BCUT2D eigenvalue weighted by Gasteiger charge is -2.20. The second-order valence-electron chi connectivity index (χ2n) is 7.95. The van der Waals surface area contributed by atoms with Crippen molar-refractivity contribution in [3.8, 4) is 11.1 Å². The zero-order chi connectivity index (χ0) is 24.4. The van der Waals surface area contributed by atoms with Crippen molar-refractivity contribution in [3.05, 3.63) is 92.2 Å². The van der Waals surface area contributed by atoms with Gasteiger partial charge in [-0.3, -0.25) is 10.1 Å². The third kappa shape index (κ3) is 4.45. The van der Waals surface area contributed by atoms with Gasteiger partial charge in [0.25, 0.3) is 0 Å². The van der Waals surface area contributed by atoms with E-state index in [4.69, 9.17) is 16.3 Å². The standard InChI is InChI=1S/C24H22ClN3O6/c1-13-18(10-26-23(25)21(13)28(32)33)22(30)20(29)11-27-24(31)34-12-19-16-8-4-2-6-14(16)15-7-3-5-9-17(15)19/h2-10,19-20,22,29-30H,11-12H2,1H3,(H,27,31). The van der Waals surface area contributed by atoms with Crippen LogP contribution in [0, 0.1) is 17.0 Å². The molecule has 10 heteroatoms. The molecule has 0 radical (unpaired) electrons. The molecular weight excluding hydrogens is 462 g/mol. The molecule has 9 nitrogen and oxygen atoms in total. The summed E-state index contributed by atoms with van der Waals surface area (Å²) in [6.07, 6.45) is -2.59. The summed E-state index contributed by atoms with van der Waals surface area (Å²) in [5.74, 6) is -0.114. The lowest BCUT2D eigenvalue weighted by molar-refractivity contribution is -0.385. The molecule has 2 unspecified atom stereocenters. The molecule has 34 heavy (non-hydrogen) atoms. The van der Waals surface area contributed by atoms with Gasteiger partial charge in [-0.25, -0.2) is 9.78 Å². The first kappa shape index (κ1) is 23.6. The maximum Gasteiger partial charge on any atom is 0.407 e. The Morgan fingerprint density at radius 3 is 2.35 bits per heavy atom. The number of rotatable bonds is 7. The fourth-order valence-corrected chi connectivity index (χ4v) is 4.50. The van der Waals surface area contributed by atoms with Crippen LogP contribution in [-0.2, 0) is 4.74 Å². The number of carbonyl (C=O) groups is 1. The number of fused-ring (bicyclic) bond motifs is 3. The summed E-state index contributed by atoms with van der Waals surface area (Å²) in [5.41, 5.74) is 4.02. The van der Waals surface area contributed by atoms with Crippen molar-refractivity contribution in [1.82, 2.24) is 10.3 Å². The first-order valence-corrected chi connectivity index (χ1v) is 10.9. The second-order valence-corrected chi connectivity index (χ2v) is 8.31. The Kier molecular flexibility index (Phi) is 6.78. The predicted octanol–water partition coefficient (Wildman–Crippen LogP) is 3.88. The monoisotopic (exact) mass is 483 g/mol. The maximum atomic E-state index is 12.3. The third-order valence-electron chi connectivity index (χ3n) is 5.97. The molecule has 3 aromatic rings. The van der Waals surface area contributed by atoms with Crippen LogP contribution in [0.4, 0.5) is 10.5 Å². The highest BCUT2D eigenvalue weighted by Crippen LogP contribution is 2.44. The van der Waals surface area contributed by atoms with E-state index in [1.165, 1.54) is 6.92 Å². The number of pyridine rings is 1. The summed E-state index contributed by atoms with van der Waals surface area (Å²) in [6.45, 7) is 1.16. The molecule has 0 fully saturated rings. The molecular formula is C24H22ClN3O6. The molecule has 0 saturated carbocycles. The molecule has 0 saturated heterocycles. The quantitative estimate of drug-likeness (QED) is 0.263. The van der Waals surface area contributed by atoms with Crippen molar-refractivity contribution in [1.29, 1.82) is 0 Å². The van der Waals surface area contributed by atoms with E-state index in [0.717, 1.165) is 28.5 Å². The van der Waals surface area contributed by atoms with Gasteiger partial charge < -0.3 is 20.3 Å². The lowest BCUT2D eigenvalue weighted by atomic mass is 9.98. The number of alkyl carbamates (subject to hydrolysis) is 1. The molecule has 0 bridgehead atoms. The van der Waals surface area contributed by atoms with E-state index in [1.807, 2.05) is 48.5 Å². The number of hydrogen-bond donors (Lipinski definition) is 3. The fourth-order valence-electron chi connectivity index (χ4n) is 4.24. The van der Waals surface area contributed by atoms with Gasteiger partial charge in [0.05, 0.1) is 4.92 Å². The Bertz CT molecular complexity index is 1210. The normalized spacial score (nSPS) is 14.1. The molecule has 1 aromatic heterocycles. The molecule has 176 valence electrons. The van der Waals surface area contributed by atoms with Gasteiger partial charge in [0.1, 0.15) is 18.8 Å². The number of ether oxygens (including phenoxy) is 1. The number of halogens is 1. The first-order chi connectivity index (χ1) is 16.3. The number of nitro groups is 1. The van der Waals surface area contributed by atoms with Crippen LogP contribution in [0.5, 0.6) is 0 Å². The SMILES string of the molecule is Cc1c(C(O)C(O)CNC(=O)OCC2c3ccccc3-c3ccccc32)cnc(Cl)c1[N+](=O)[O-]. The van der Waals surface area contributed by atoms with Crippen LogP contribution in [0.3, 0.4) is 0 Å². The van der Waals surface area contributed by atoms with Gasteiger partial charge in [0, 0.05) is 29.8 Å².